The van der Waals surface area contributed by atoms with Gasteiger partial charge in [0.25, 0.3) is 0 Å². The Kier molecular flexibility index (Phi) is 41.2. The molecule has 0 atom stereocenters. The smallest absolute Gasteiger partial charge is 0.332 e. The third kappa shape index (κ3) is 36.2. The van der Waals surface area contributed by atoms with Gasteiger partial charge in [-0.2, -0.15) is 15.6 Å². The quantitative estimate of drug-likeness (QED) is 0.00495. The van der Waals surface area contributed by atoms with E-state index in [4.69, 9.17) is 65.5 Å². The van der Waals surface area contributed by atoms with Crippen LogP contribution in [0.4, 0.5) is 29.1 Å². The highest BCUT2D eigenvalue weighted by atomic mass is 127. The molecule has 8 heterocycles. The number of nitrogens with one attached hydrogen (secondary N) is 7. The number of aryl methyl sites for hydroxylation is 6. The van der Waals surface area contributed by atoms with Gasteiger partial charge in [-0.15, -0.1) is 16.9 Å². The SMILES string of the molecule is CC(C)OC(=O)/C=C\I.CSC(=N)c1cc(C)nc(NC2CCC2)c1.Cc1cc(-c2ncn(/C=C\C(=O)OC(C)C)n2)cc(NC2CCC2)n1.Cc1cc(-c2ncn[nH]2)cc(NC2CCC2)n1.Cc1cc(C#N)cc(Cl)n1.Cc1cc(C#N)cc(NC2CCC2)n1.Cc1cc(C(N)=S)cc(NC2CCC2)n1.NC1CCC1.NCC=O. The number of nitrogens with two attached hydrogens (primary N) is 3. The van der Waals surface area contributed by atoms with Crippen LogP contribution in [-0.4, -0.2) is 149 Å². The van der Waals surface area contributed by atoms with Crippen LogP contribution in [0.3, 0.4) is 0 Å². The van der Waals surface area contributed by atoms with Crippen LogP contribution in [0, 0.1) is 69.6 Å². The van der Waals surface area contributed by atoms with E-state index in [0.29, 0.717) is 74.7 Å². The number of thiocarbonyl (C=S) groups is 1. The van der Waals surface area contributed by atoms with E-state index in [0.717, 1.165) is 91.3 Å². The van der Waals surface area contributed by atoms with Gasteiger partial charge in [0.05, 0.1) is 40.5 Å². The molecule has 115 heavy (non-hydrogen) atoms. The number of hydrogen-bond donors (Lipinski definition) is 10. The number of carbonyl (C=O) groups excluding carboxylic acids is 3. The Balaban J connectivity index is 0.000000209. The number of aromatic nitrogens is 12. The van der Waals surface area contributed by atoms with Gasteiger partial charge >= 0.3 is 11.9 Å². The lowest BCUT2D eigenvalue weighted by Gasteiger charge is -2.27. The molecule has 0 bridgehead atoms. The molecule has 614 valence electrons. The van der Waals surface area contributed by atoms with E-state index in [-0.39, 0.29) is 24.7 Å². The van der Waals surface area contributed by atoms with Crippen molar-refractivity contribution in [3.63, 3.8) is 0 Å². The van der Waals surface area contributed by atoms with Crippen molar-refractivity contribution in [2.75, 3.05) is 39.4 Å². The third-order valence-electron chi connectivity index (χ3n) is 18.0. The average Bonchev–Trinajstić information content (AvgIpc) is 1.79. The maximum absolute atomic E-state index is 11.5. The van der Waals surface area contributed by atoms with Crippen molar-refractivity contribution in [2.24, 2.45) is 17.2 Å². The molecule has 32 heteroatoms. The van der Waals surface area contributed by atoms with Crippen LogP contribution < -0.4 is 43.8 Å². The number of nitriles is 2. The van der Waals surface area contributed by atoms with Gasteiger partial charge in [0.1, 0.15) is 58.2 Å². The minimum Gasteiger partial charge on any atom is -0.460 e. The molecule has 0 radical (unpaired) electrons. The first kappa shape index (κ1) is 94.0. The first-order valence-electron chi connectivity index (χ1n) is 38.8. The van der Waals surface area contributed by atoms with E-state index >= 15 is 0 Å². The second-order valence-corrected chi connectivity index (χ2v) is 31.1. The van der Waals surface area contributed by atoms with Crippen molar-refractivity contribution >= 4 is 122 Å². The number of thioether (sulfide) groups is 1. The molecule has 8 aromatic heterocycles. The maximum atomic E-state index is 11.5. The van der Waals surface area contributed by atoms with Crippen LogP contribution in [0.1, 0.15) is 200 Å². The summed E-state index contributed by atoms with van der Waals surface area (Å²) in [6, 6.07) is 30.1. The molecular weight excluding hydrogens is 1630 g/mol. The van der Waals surface area contributed by atoms with Gasteiger partial charge in [0, 0.05) is 118 Å². The van der Waals surface area contributed by atoms with Crippen LogP contribution in [0.15, 0.2) is 102 Å². The Morgan fingerprint density at radius 2 is 0.991 bits per heavy atom. The molecule has 0 saturated heterocycles. The summed E-state index contributed by atoms with van der Waals surface area (Å²) in [5.41, 5.74) is 26.1. The van der Waals surface area contributed by atoms with E-state index in [1.54, 1.807) is 43.3 Å². The van der Waals surface area contributed by atoms with Gasteiger partial charge in [-0.3, -0.25) is 10.5 Å². The summed E-state index contributed by atoms with van der Waals surface area (Å²) >= 11 is 14.0. The standard InChI is InChI=1S/C18H23N5O2.C12H15N5.C12H17N3S.C11H15N3S.C11H13N3.C7H5ClN2.C6H9IO2.C4H9N.C2H5NO/c1-12(2)25-17(24)7-8-23-11-19-18(22-23)14-9-13(3)20-16(10-14)21-15-5-4-6-15;1-8-5-9(12-13-7-14-17-12)6-11(15-8)16-10-3-2-4-10;1-8-6-9(12(13)16-2)7-11(14-8)15-10-4-3-5-10;1-7-5-8(11(12)15)6-10(13-7)14-9-3-2-4-9;1-8-5-9(7-12)6-11(13-8)14-10-3-2-4-10;1-5-2-6(4-9)3-7(8)10-5;1-5(2)9-6(8)3-4-7;5-4-2-1-3-4;3-1-2-4/h7-12,15H,4-6H2,1-3H3,(H,20,21);5-7,10H,2-4H2,1H3,(H,15,16)(H,13,14,17);6-7,10,13H,3-5H2,1-2H3,(H,14,15);5-6,9H,2-4H2,1H3,(H2,12,15)(H,13,14);5-6,10H,2-4H2,1H3,(H,13,14);2-3H,1H3;3-5H,1-2H3;4H,1-3,5H2;2H,1,3H2/b8-7-;;;;;;4-3-;;. The molecule has 6 fully saturated rings. The molecule has 13 N–H and O–H groups in total. The van der Waals surface area contributed by atoms with E-state index in [1.165, 1.54) is 163 Å². The second-order valence-electron chi connectivity index (χ2n) is 28.8. The van der Waals surface area contributed by atoms with Crippen LogP contribution >= 0.6 is 58.2 Å². The molecule has 0 aromatic carbocycles. The normalized spacial score (nSPS) is 14.6. The first-order chi connectivity index (χ1) is 55.1. The van der Waals surface area contributed by atoms with Gasteiger partial charge in [-0.05, 0) is 262 Å². The molecule has 0 amide bonds. The molecule has 0 aliphatic heterocycles. The lowest BCUT2D eigenvalue weighted by Crippen LogP contribution is -2.27. The van der Waals surface area contributed by atoms with E-state index in [2.05, 4.69) is 93.6 Å². The van der Waals surface area contributed by atoms with Crippen molar-refractivity contribution in [2.45, 2.75) is 233 Å². The number of pyridine rings is 6. The summed E-state index contributed by atoms with van der Waals surface area (Å²) < 4.78 is 12.9. The predicted octanol–water partition coefficient (Wildman–Crippen LogP) is 15.9. The van der Waals surface area contributed by atoms with Gasteiger partial charge in [-0.25, -0.2) is 54.1 Å². The topological polar surface area (TPSA) is 429 Å². The molecule has 0 unspecified atom stereocenters. The molecule has 0 spiro atoms. The van der Waals surface area contributed by atoms with Gasteiger partial charge in [0.15, 0.2) is 11.6 Å². The van der Waals surface area contributed by atoms with Crippen molar-refractivity contribution in [3.8, 4) is 34.9 Å². The number of aromatic amines is 1. The highest BCUT2D eigenvalue weighted by Crippen LogP contribution is 2.30. The Hall–Kier alpha value is -9.90. The largest absolute Gasteiger partial charge is 0.460 e. The van der Waals surface area contributed by atoms with E-state index in [1.807, 2.05) is 138 Å². The lowest BCUT2D eigenvalue weighted by molar-refractivity contribution is -0.142. The maximum Gasteiger partial charge on any atom is 0.332 e. The number of anilines is 5. The summed E-state index contributed by atoms with van der Waals surface area (Å²) in [6.07, 6.45) is 32.4. The highest BCUT2D eigenvalue weighted by Gasteiger charge is 2.23. The van der Waals surface area contributed by atoms with Crippen LogP contribution in [0.25, 0.3) is 29.0 Å². The number of rotatable bonds is 20. The number of H-pyrrole nitrogens is 1. The monoisotopic (exact) mass is 1740 g/mol. The zero-order valence-corrected chi connectivity index (χ0v) is 72.2. The Morgan fingerprint density at radius 1 is 0.609 bits per heavy atom. The zero-order valence-electron chi connectivity index (χ0n) is 67.7. The number of ether oxygens (including phenoxy) is 2. The number of esters is 2. The van der Waals surface area contributed by atoms with Gasteiger partial charge < -0.3 is 58.1 Å². The number of carbonyl (C=O) groups is 3. The first-order valence-corrected chi connectivity index (χ1v) is 42.0. The Morgan fingerprint density at radius 3 is 1.37 bits per heavy atom. The van der Waals surface area contributed by atoms with Crippen molar-refractivity contribution < 1.29 is 23.9 Å². The number of nitrogens with zero attached hydrogens (tertiary/aromatic N) is 13. The molecule has 6 saturated carbocycles. The van der Waals surface area contributed by atoms with Crippen LogP contribution in [0.2, 0.25) is 5.15 Å². The fourth-order valence-electron chi connectivity index (χ4n) is 10.9. The van der Waals surface area contributed by atoms with Crippen molar-refractivity contribution in [3.05, 3.63) is 163 Å². The van der Waals surface area contributed by atoms with Crippen molar-refractivity contribution in [1.29, 1.82) is 15.9 Å². The lowest BCUT2D eigenvalue weighted by atomic mass is 9.93. The van der Waals surface area contributed by atoms with E-state index in [9.17, 15) is 9.59 Å². The van der Waals surface area contributed by atoms with Crippen molar-refractivity contribution in [1.82, 2.24) is 59.8 Å². The number of halogens is 2. The van der Waals surface area contributed by atoms with Gasteiger partial charge in [0.2, 0.25) is 0 Å². The Labute approximate surface area is 704 Å². The summed E-state index contributed by atoms with van der Waals surface area (Å²) in [5.74, 6) is 5.12. The Bertz CT molecular complexity index is 4520. The molecule has 28 nitrogen and oxygen atoms in total. The zero-order chi connectivity index (χ0) is 83.8. The molecule has 6 aliphatic carbocycles. The van der Waals surface area contributed by atoms with Crippen LogP contribution in [0.5, 0.6) is 0 Å². The minimum atomic E-state index is -0.404. The third-order valence-corrected chi connectivity index (χ3v) is 19.4. The summed E-state index contributed by atoms with van der Waals surface area (Å²) in [7, 11) is 0. The molecule has 6 aliphatic rings. The summed E-state index contributed by atoms with van der Waals surface area (Å²) in [5, 5.41) is 54.2. The molecular formula is C83H111ClIN23O5S2. The molecule has 14 rings (SSSR count). The fraction of sp³-hybridized carbons (Fsp3) is 0.458. The predicted molar refractivity (Wildman–Crippen MR) is 473 cm³/mol. The fourth-order valence-corrected chi connectivity index (χ4v) is 11.9. The minimum absolute atomic E-state index is 0.0231. The van der Waals surface area contributed by atoms with E-state index < -0.39 is 5.97 Å². The van der Waals surface area contributed by atoms with Gasteiger partial charge in [-0.1, -0.05) is 52.8 Å². The highest BCUT2D eigenvalue weighted by molar-refractivity contribution is 14.1. The van der Waals surface area contributed by atoms with Crippen LogP contribution in [-0.2, 0) is 23.9 Å². The molecule has 8 aromatic rings. The average molecular weight is 1740 g/mol. The summed E-state index contributed by atoms with van der Waals surface area (Å²) in [6.45, 7) is 19.0. The second kappa shape index (κ2) is 50.4. The number of hydrogen-bond acceptors (Lipinski definition) is 27. The summed E-state index contributed by atoms with van der Waals surface area (Å²) in [4.78, 5) is 66.2. The number of aldehydes is 1.